The molecule has 0 saturated carbocycles. The van der Waals surface area contributed by atoms with Crippen LogP contribution in [0.4, 0.5) is 15.8 Å². The van der Waals surface area contributed by atoms with E-state index in [0.717, 1.165) is 46.5 Å². The Morgan fingerprint density at radius 2 is 1.40 bits per heavy atom. The van der Waals surface area contributed by atoms with E-state index in [1.807, 2.05) is 53.4 Å². The minimum Gasteiger partial charge on any atom is -0.338 e. The van der Waals surface area contributed by atoms with Crippen LogP contribution in [0.25, 0.3) is 0 Å². The van der Waals surface area contributed by atoms with E-state index in [2.05, 4.69) is 42.1 Å². The molecule has 1 N–H and O–H groups in total. The molecule has 0 aromatic heterocycles. The lowest BCUT2D eigenvalue weighted by atomic mass is 10.2. The number of halogens is 3. The molecule has 0 aliphatic carbocycles. The average molecular weight is 471 g/mol. The van der Waals surface area contributed by atoms with Crippen LogP contribution in [0, 0.1) is 0 Å². The van der Waals surface area contributed by atoms with E-state index < -0.39 is 6.17 Å². The standard InChI is InChI=1S/C19H22Br2FN3/c20-15-1-5-18(6-2-15)25(19-7-3-16(21)4-8-19)14-17(22)13-24-11-9-23-10-12-24/h1-8,17,23H,9-14H2. The number of nitrogens with zero attached hydrogens (tertiary/aromatic N) is 2. The van der Waals surface area contributed by atoms with Crippen LogP contribution in [0.2, 0.25) is 0 Å². The number of nitrogens with one attached hydrogen (secondary N) is 1. The van der Waals surface area contributed by atoms with Crippen molar-refractivity contribution in [3.05, 3.63) is 57.5 Å². The van der Waals surface area contributed by atoms with Gasteiger partial charge in [0.05, 0.1) is 6.54 Å². The molecule has 1 saturated heterocycles. The highest BCUT2D eigenvalue weighted by Crippen LogP contribution is 2.28. The third-order valence-corrected chi connectivity index (χ3v) is 5.38. The lowest BCUT2D eigenvalue weighted by molar-refractivity contribution is 0.177. The largest absolute Gasteiger partial charge is 0.338 e. The van der Waals surface area contributed by atoms with Gasteiger partial charge in [0, 0.05) is 53.0 Å². The zero-order valence-electron chi connectivity index (χ0n) is 14.0. The van der Waals surface area contributed by atoms with Crippen LogP contribution < -0.4 is 10.2 Å². The molecule has 2 aromatic rings. The summed E-state index contributed by atoms with van der Waals surface area (Å²) >= 11 is 6.93. The minimum atomic E-state index is -0.912. The Morgan fingerprint density at radius 1 is 0.920 bits per heavy atom. The van der Waals surface area contributed by atoms with Crippen LogP contribution in [-0.4, -0.2) is 50.3 Å². The van der Waals surface area contributed by atoms with Crippen LogP contribution >= 0.6 is 31.9 Å². The van der Waals surface area contributed by atoms with Crippen molar-refractivity contribution in [3.8, 4) is 0 Å². The molecule has 1 aliphatic heterocycles. The lowest BCUT2D eigenvalue weighted by Gasteiger charge is -2.31. The molecular weight excluding hydrogens is 449 g/mol. The first kappa shape index (κ1) is 18.8. The molecular formula is C19H22Br2FN3. The van der Waals surface area contributed by atoms with Gasteiger partial charge >= 0.3 is 0 Å². The number of anilines is 2. The average Bonchev–Trinajstić information content (AvgIpc) is 2.62. The maximum absolute atomic E-state index is 14.8. The van der Waals surface area contributed by atoms with E-state index in [1.165, 1.54) is 0 Å². The molecule has 0 radical (unpaired) electrons. The van der Waals surface area contributed by atoms with Gasteiger partial charge in [-0.3, -0.25) is 4.90 Å². The summed E-state index contributed by atoms with van der Waals surface area (Å²) < 4.78 is 16.9. The summed E-state index contributed by atoms with van der Waals surface area (Å²) in [6.45, 7) is 4.53. The molecule has 3 nitrogen and oxygen atoms in total. The number of hydrogen-bond donors (Lipinski definition) is 1. The fraction of sp³-hybridized carbons (Fsp3) is 0.368. The van der Waals surface area contributed by atoms with E-state index in [-0.39, 0.29) is 0 Å². The number of piperazine rings is 1. The second-order valence-electron chi connectivity index (χ2n) is 6.21. The molecule has 1 atom stereocenters. The van der Waals surface area contributed by atoms with Crippen LogP contribution in [0.5, 0.6) is 0 Å². The summed E-state index contributed by atoms with van der Waals surface area (Å²) in [4.78, 5) is 4.24. The Morgan fingerprint density at radius 3 is 1.88 bits per heavy atom. The van der Waals surface area contributed by atoms with Gasteiger partial charge in [-0.25, -0.2) is 4.39 Å². The van der Waals surface area contributed by atoms with Gasteiger partial charge < -0.3 is 10.2 Å². The highest BCUT2D eigenvalue weighted by Gasteiger charge is 2.20. The highest BCUT2D eigenvalue weighted by molar-refractivity contribution is 9.10. The second kappa shape index (κ2) is 9.12. The summed E-state index contributed by atoms with van der Waals surface area (Å²) in [7, 11) is 0. The number of hydrogen-bond acceptors (Lipinski definition) is 3. The second-order valence-corrected chi connectivity index (χ2v) is 8.04. The van der Waals surface area contributed by atoms with Crippen LogP contribution in [0.15, 0.2) is 57.5 Å². The fourth-order valence-corrected chi connectivity index (χ4v) is 3.56. The third kappa shape index (κ3) is 5.51. The van der Waals surface area contributed by atoms with Crippen molar-refractivity contribution in [2.24, 2.45) is 0 Å². The van der Waals surface area contributed by atoms with Crippen molar-refractivity contribution in [2.45, 2.75) is 6.17 Å². The molecule has 3 rings (SSSR count). The number of rotatable bonds is 6. The Bertz CT molecular complexity index is 612. The fourth-order valence-electron chi connectivity index (χ4n) is 3.03. The van der Waals surface area contributed by atoms with Crippen molar-refractivity contribution in [2.75, 3.05) is 44.2 Å². The van der Waals surface area contributed by atoms with Gasteiger partial charge in [0.1, 0.15) is 6.17 Å². The summed E-state index contributed by atoms with van der Waals surface area (Å²) in [5.74, 6) is 0. The molecule has 6 heteroatoms. The van der Waals surface area contributed by atoms with Gasteiger partial charge in [-0.1, -0.05) is 31.9 Å². The van der Waals surface area contributed by atoms with Gasteiger partial charge in [-0.15, -0.1) is 0 Å². The molecule has 2 aromatic carbocycles. The smallest absolute Gasteiger partial charge is 0.131 e. The maximum Gasteiger partial charge on any atom is 0.131 e. The molecule has 134 valence electrons. The first-order valence-corrected chi connectivity index (χ1v) is 10.1. The van der Waals surface area contributed by atoms with E-state index in [9.17, 15) is 4.39 Å². The summed E-state index contributed by atoms with van der Waals surface area (Å²) in [5, 5.41) is 3.31. The topological polar surface area (TPSA) is 18.5 Å². The van der Waals surface area contributed by atoms with Crippen LogP contribution in [0.3, 0.4) is 0 Å². The SMILES string of the molecule is FC(CN1CCNCC1)CN(c1ccc(Br)cc1)c1ccc(Br)cc1. The monoisotopic (exact) mass is 469 g/mol. The normalized spacial score (nSPS) is 16.6. The summed E-state index contributed by atoms with van der Waals surface area (Å²) in [5.41, 5.74) is 1.99. The van der Waals surface area contributed by atoms with Gasteiger partial charge in [-0.05, 0) is 48.5 Å². The third-order valence-electron chi connectivity index (χ3n) is 4.32. The Labute approximate surface area is 165 Å². The highest BCUT2D eigenvalue weighted by atomic mass is 79.9. The van der Waals surface area contributed by atoms with E-state index in [1.54, 1.807) is 0 Å². The van der Waals surface area contributed by atoms with E-state index >= 15 is 0 Å². The Kier molecular flexibility index (Phi) is 6.87. The van der Waals surface area contributed by atoms with Crippen molar-refractivity contribution >= 4 is 43.2 Å². The Hall–Kier alpha value is -0.950. The predicted octanol–water partition coefficient (Wildman–Crippen LogP) is 4.59. The molecule has 1 unspecified atom stereocenters. The maximum atomic E-state index is 14.8. The molecule has 1 aliphatic rings. The number of benzene rings is 2. The molecule has 1 fully saturated rings. The molecule has 0 spiro atoms. The number of alkyl halides is 1. The summed E-state index contributed by atoms with van der Waals surface area (Å²) in [6.07, 6.45) is -0.912. The van der Waals surface area contributed by atoms with Crippen LogP contribution in [-0.2, 0) is 0 Å². The van der Waals surface area contributed by atoms with Gasteiger partial charge in [0.15, 0.2) is 0 Å². The first-order valence-electron chi connectivity index (χ1n) is 8.47. The first-order chi connectivity index (χ1) is 12.1. The quantitative estimate of drug-likeness (QED) is 0.665. The van der Waals surface area contributed by atoms with Crippen LogP contribution in [0.1, 0.15) is 0 Å². The minimum absolute atomic E-state index is 0.340. The van der Waals surface area contributed by atoms with Gasteiger partial charge in [-0.2, -0.15) is 0 Å². The molecule has 0 bridgehead atoms. The van der Waals surface area contributed by atoms with Crippen molar-refractivity contribution in [1.29, 1.82) is 0 Å². The predicted molar refractivity (Wildman–Crippen MR) is 109 cm³/mol. The molecule has 1 heterocycles. The van der Waals surface area contributed by atoms with Gasteiger partial charge in [0.25, 0.3) is 0 Å². The van der Waals surface area contributed by atoms with Gasteiger partial charge in [0.2, 0.25) is 0 Å². The molecule has 0 amide bonds. The zero-order valence-corrected chi connectivity index (χ0v) is 17.1. The van der Waals surface area contributed by atoms with Crippen molar-refractivity contribution in [1.82, 2.24) is 10.2 Å². The summed E-state index contributed by atoms with van der Waals surface area (Å²) in [6, 6.07) is 16.0. The van der Waals surface area contributed by atoms with Crippen molar-refractivity contribution in [3.63, 3.8) is 0 Å². The van der Waals surface area contributed by atoms with E-state index in [4.69, 9.17) is 0 Å². The Balaban J connectivity index is 1.75. The molecule has 25 heavy (non-hydrogen) atoms. The zero-order chi connectivity index (χ0) is 17.6. The lowest BCUT2D eigenvalue weighted by Crippen LogP contribution is -2.47. The van der Waals surface area contributed by atoms with E-state index in [0.29, 0.717) is 13.1 Å². The van der Waals surface area contributed by atoms with Crippen molar-refractivity contribution < 1.29 is 4.39 Å².